The number of nitrogens with two attached hydrogens (primary N) is 1. The Labute approximate surface area is 109 Å². The molecule has 5 nitrogen and oxygen atoms in total. The topological polar surface area (TPSA) is 72.9 Å². The molecule has 0 aliphatic heterocycles. The summed E-state index contributed by atoms with van der Waals surface area (Å²) < 4.78 is 1.70. The number of carbonyl (C=O) groups is 1. The summed E-state index contributed by atoms with van der Waals surface area (Å²) in [6, 6.07) is 0.209. The fourth-order valence-corrected chi connectivity index (χ4v) is 1.86. The average Bonchev–Trinajstić information content (AvgIpc) is 2.56. The summed E-state index contributed by atoms with van der Waals surface area (Å²) in [5.41, 5.74) is 7.32. The largest absolute Gasteiger partial charge is 0.328 e. The van der Waals surface area contributed by atoms with Crippen molar-refractivity contribution >= 4 is 11.6 Å². The number of aromatic nitrogens is 2. The van der Waals surface area contributed by atoms with Crippen LogP contribution in [0.4, 0.5) is 5.69 Å². The number of hydrogen-bond donors (Lipinski definition) is 2. The van der Waals surface area contributed by atoms with Gasteiger partial charge in [-0.15, -0.1) is 0 Å². The Morgan fingerprint density at radius 2 is 2.17 bits per heavy atom. The monoisotopic (exact) mass is 252 g/mol. The van der Waals surface area contributed by atoms with Gasteiger partial charge in [-0.1, -0.05) is 13.3 Å². The lowest BCUT2D eigenvalue weighted by atomic mass is 10.0. The molecule has 0 aliphatic carbocycles. The first-order valence-corrected chi connectivity index (χ1v) is 6.47. The number of rotatable bonds is 6. The van der Waals surface area contributed by atoms with Gasteiger partial charge in [0.15, 0.2) is 0 Å². The van der Waals surface area contributed by atoms with E-state index in [1.165, 1.54) is 0 Å². The highest BCUT2D eigenvalue weighted by molar-refractivity contribution is 5.92. The Hall–Kier alpha value is -1.36. The van der Waals surface area contributed by atoms with E-state index in [0.717, 1.165) is 30.6 Å². The second kappa shape index (κ2) is 6.54. The molecule has 0 radical (unpaired) electrons. The first-order valence-electron chi connectivity index (χ1n) is 6.47. The van der Waals surface area contributed by atoms with Crippen LogP contribution in [-0.4, -0.2) is 21.7 Å². The zero-order valence-electron chi connectivity index (χ0n) is 11.7. The van der Waals surface area contributed by atoms with E-state index in [4.69, 9.17) is 5.73 Å². The zero-order valence-corrected chi connectivity index (χ0v) is 11.7. The second-order valence-corrected chi connectivity index (χ2v) is 5.10. The van der Waals surface area contributed by atoms with Crippen LogP contribution < -0.4 is 11.1 Å². The molecule has 1 heterocycles. The highest BCUT2D eigenvalue weighted by atomic mass is 16.1. The molecule has 1 amide bonds. The normalized spacial score (nSPS) is 14.3. The number of nitrogens with one attached hydrogen (secondary N) is 1. The molecule has 0 bridgehead atoms. The van der Waals surface area contributed by atoms with Crippen molar-refractivity contribution in [2.24, 2.45) is 18.7 Å². The minimum absolute atomic E-state index is 0.00311. The lowest BCUT2D eigenvalue weighted by Gasteiger charge is -2.12. The SMILES string of the molecule is Cc1nn(C)cc1NC(=O)C(C)CCCC(C)N. The molecule has 1 aromatic rings. The number of carbonyl (C=O) groups excluding carboxylic acids is 1. The predicted molar refractivity (Wildman–Crippen MR) is 73.2 cm³/mol. The van der Waals surface area contributed by atoms with Gasteiger partial charge in [-0.05, 0) is 26.7 Å². The summed E-state index contributed by atoms with van der Waals surface area (Å²) in [7, 11) is 1.84. The predicted octanol–water partition coefficient (Wildman–Crippen LogP) is 1.82. The van der Waals surface area contributed by atoms with E-state index in [1.807, 2.05) is 34.0 Å². The molecular weight excluding hydrogens is 228 g/mol. The number of anilines is 1. The summed E-state index contributed by atoms with van der Waals surface area (Å²) in [5, 5.41) is 7.11. The van der Waals surface area contributed by atoms with Crippen LogP contribution in [0, 0.1) is 12.8 Å². The Balaban J connectivity index is 2.42. The van der Waals surface area contributed by atoms with Gasteiger partial charge < -0.3 is 11.1 Å². The number of hydrogen-bond acceptors (Lipinski definition) is 3. The Morgan fingerprint density at radius 3 is 2.67 bits per heavy atom. The van der Waals surface area contributed by atoms with E-state index in [1.54, 1.807) is 4.68 Å². The fourth-order valence-electron chi connectivity index (χ4n) is 1.86. The van der Waals surface area contributed by atoms with Crippen molar-refractivity contribution in [2.45, 2.75) is 46.1 Å². The second-order valence-electron chi connectivity index (χ2n) is 5.10. The van der Waals surface area contributed by atoms with Crippen molar-refractivity contribution < 1.29 is 4.79 Å². The molecule has 0 aromatic carbocycles. The van der Waals surface area contributed by atoms with Crippen molar-refractivity contribution in [2.75, 3.05) is 5.32 Å². The van der Waals surface area contributed by atoms with Crippen molar-refractivity contribution in [3.8, 4) is 0 Å². The van der Waals surface area contributed by atoms with Crippen LogP contribution in [0.25, 0.3) is 0 Å². The van der Waals surface area contributed by atoms with Crippen LogP contribution in [0.3, 0.4) is 0 Å². The summed E-state index contributed by atoms with van der Waals surface area (Å²) in [5.74, 6) is 0.0548. The Kier molecular flexibility index (Phi) is 5.34. The third kappa shape index (κ3) is 4.49. The van der Waals surface area contributed by atoms with Gasteiger partial charge in [-0.25, -0.2) is 0 Å². The summed E-state index contributed by atoms with van der Waals surface area (Å²) in [6.45, 7) is 5.82. The molecule has 0 saturated heterocycles. The average molecular weight is 252 g/mol. The van der Waals surface area contributed by atoms with Gasteiger partial charge in [0.2, 0.25) is 5.91 Å². The van der Waals surface area contributed by atoms with Crippen molar-refractivity contribution in [1.29, 1.82) is 0 Å². The molecule has 0 spiro atoms. The van der Waals surface area contributed by atoms with E-state index >= 15 is 0 Å². The first kappa shape index (κ1) is 14.7. The van der Waals surface area contributed by atoms with Crippen LogP contribution in [-0.2, 0) is 11.8 Å². The lowest BCUT2D eigenvalue weighted by Crippen LogP contribution is -2.21. The van der Waals surface area contributed by atoms with Gasteiger partial charge >= 0.3 is 0 Å². The molecule has 0 fully saturated rings. The zero-order chi connectivity index (χ0) is 13.7. The third-order valence-electron chi connectivity index (χ3n) is 3.02. The molecule has 2 atom stereocenters. The van der Waals surface area contributed by atoms with Gasteiger partial charge in [-0.3, -0.25) is 9.48 Å². The minimum atomic E-state index is 0.00311. The molecule has 0 aliphatic rings. The van der Waals surface area contributed by atoms with Gasteiger partial charge in [0.1, 0.15) is 0 Å². The highest BCUT2D eigenvalue weighted by Crippen LogP contribution is 2.15. The smallest absolute Gasteiger partial charge is 0.227 e. The van der Waals surface area contributed by atoms with Crippen LogP contribution in [0.2, 0.25) is 0 Å². The van der Waals surface area contributed by atoms with Gasteiger partial charge in [0, 0.05) is 25.2 Å². The Morgan fingerprint density at radius 1 is 1.50 bits per heavy atom. The quantitative estimate of drug-likeness (QED) is 0.811. The van der Waals surface area contributed by atoms with Crippen LogP contribution >= 0.6 is 0 Å². The molecule has 5 heteroatoms. The molecule has 102 valence electrons. The molecule has 2 unspecified atom stereocenters. The van der Waals surface area contributed by atoms with Crippen LogP contribution in [0.15, 0.2) is 6.20 Å². The van der Waals surface area contributed by atoms with Gasteiger partial charge in [0.05, 0.1) is 11.4 Å². The van der Waals surface area contributed by atoms with Gasteiger partial charge in [-0.2, -0.15) is 5.10 Å². The number of nitrogens with zero attached hydrogens (tertiary/aromatic N) is 2. The number of aryl methyl sites for hydroxylation is 2. The first-order chi connectivity index (χ1) is 8.40. The maximum absolute atomic E-state index is 12.0. The van der Waals surface area contributed by atoms with E-state index in [-0.39, 0.29) is 17.9 Å². The highest BCUT2D eigenvalue weighted by Gasteiger charge is 2.15. The fraction of sp³-hybridized carbons (Fsp3) is 0.692. The maximum Gasteiger partial charge on any atom is 0.227 e. The van der Waals surface area contributed by atoms with Crippen molar-refractivity contribution in [1.82, 2.24) is 9.78 Å². The molecule has 1 rings (SSSR count). The lowest BCUT2D eigenvalue weighted by molar-refractivity contribution is -0.119. The molecule has 1 aromatic heterocycles. The maximum atomic E-state index is 12.0. The third-order valence-corrected chi connectivity index (χ3v) is 3.02. The van der Waals surface area contributed by atoms with E-state index in [9.17, 15) is 4.79 Å². The van der Waals surface area contributed by atoms with E-state index in [0.29, 0.717) is 0 Å². The molecule has 18 heavy (non-hydrogen) atoms. The standard InChI is InChI=1S/C13H24N4O/c1-9(6-5-7-10(2)14)13(18)15-12-8-17(4)16-11(12)3/h8-10H,5-7,14H2,1-4H3,(H,15,18). The van der Waals surface area contributed by atoms with Crippen molar-refractivity contribution in [3.63, 3.8) is 0 Å². The Bertz CT molecular complexity index is 398. The van der Waals surface area contributed by atoms with Gasteiger partial charge in [0.25, 0.3) is 0 Å². The van der Waals surface area contributed by atoms with E-state index in [2.05, 4.69) is 10.4 Å². The minimum Gasteiger partial charge on any atom is -0.328 e. The summed E-state index contributed by atoms with van der Waals surface area (Å²) >= 11 is 0. The summed E-state index contributed by atoms with van der Waals surface area (Å²) in [4.78, 5) is 12.0. The summed E-state index contributed by atoms with van der Waals surface area (Å²) in [6.07, 6.45) is 4.64. The van der Waals surface area contributed by atoms with E-state index < -0.39 is 0 Å². The molecule has 3 N–H and O–H groups in total. The number of amides is 1. The van der Waals surface area contributed by atoms with Crippen LogP contribution in [0.1, 0.15) is 38.8 Å². The van der Waals surface area contributed by atoms with Crippen LogP contribution in [0.5, 0.6) is 0 Å². The van der Waals surface area contributed by atoms with Crippen molar-refractivity contribution in [3.05, 3.63) is 11.9 Å². The molecule has 0 saturated carbocycles. The molecular formula is C13H24N4O.